The first-order chi connectivity index (χ1) is 8.83. The van der Waals surface area contributed by atoms with Gasteiger partial charge in [0, 0.05) is 13.7 Å². The molecule has 1 fully saturated rings. The van der Waals surface area contributed by atoms with E-state index in [1.165, 1.54) is 11.5 Å². The third-order valence-corrected chi connectivity index (χ3v) is 4.25. The van der Waals surface area contributed by atoms with Crippen molar-refractivity contribution in [3.63, 3.8) is 0 Å². The Morgan fingerprint density at radius 2 is 2.28 bits per heavy atom. The summed E-state index contributed by atoms with van der Waals surface area (Å²) < 4.78 is 7.04. The number of tetrazole rings is 1. The largest absolute Gasteiger partial charge is 0.383 e. The Balaban J connectivity index is 1.97. The minimum Gasteiger partial charge on any atom is -0.383 e. The van der Waals surface area contributed by atoms with Gasteiger partial charge in [-0.05, 0) is 41.7 Å². The lowest BCUT2D eigenvalue weighted by Crippen LogP contribution is -2.28. The average Bonchev–Trinajstić information content (AvgIpc) is 2.89. The summed E-state index contributed by atoms with van der Waals surface area (Å²) in [7, 11) is 1.70. The second-order valence-corrected chi connectivity index (χ2v) is 5.72. The van der Waals surface area contributed by atoms with Crippen LogP contribution in [0.15, 0.2) is 0 Å². The fourth-order valence-electron chi connectivity index (χ4n) is 2.14. The Morgan fingerprint density at radius 3 is 3.00 bits per heavy atom. The molecular formula is C11H21N5OS. The molecule has 2 rings (SSSR count). The maximum atomic E-state index is 5.03. The normalized spacial score (nSPS) is 19.0. The van der Waals surface area contributed by atoms with Crippen LogP contribution in [-0.4, -0.2) is 52.0 Å². The lowest BCUT2D eigenvalue weighted by atomic mass is 10.1. The third-order valence-electron chi connectivity index (χ3n) is 3.20. The molecule has 0 saturated carbocycles. The van der Waals surface area contributed by atoms with Gasteiger partial charge in [-0.15, -0.1) is 5.10 Å². The van der Waals surface area contributed by atoms with Crippen LogP contribution in [0.4, 0.5) is 0 Å². The molecule has 0 bridgehead atoms. The van der Waals surface area contributed by atoms with E-state index in [4.69, 9.17) is 4.74 Å². The zero-order valence-corrected chi connectivity index (χ0v) is 11.8. The number of hydrogen-bond donors (Lipinski definition) is 1. The number of ether oxygens (including phenoxy) is 1. The van der Waals surface area contributed by atoms with Gasteiger partial charge in [0.2, 0.25) is 0 Å². The molecule has 1 N–H and O–H groups in total. The molecule has 102 valence electrons. The van der Waals surface area contributed by atoms with Crippen molar-refractivity contribution in [2.24, 2.45) is 0 Å². The first-order valence-corrected chi connectivity index (χ1v) is 7.56. The van der Waals surface area contributed by atoms with E-state index >= 15 is 0 Å². The summed E-state index contributed by atoms with van der Waals surface area (Å²) in [5.74, 6) is 3.34. The average molecular weight is 271 g/mol. The summed E-state index contributed by atoms with van der Waals surface area (Å²) in [6.07, 6.45) is 2.32. The molecule has 1 aromatic heterocycles. The van der Waals surface area contributed by atoms with Gasteiger partial charge in [0.1, 0.15) is 0 Å². The van der Waals surface area contributed by atoms with E-state index in [0.29, 0.717) is 12.6 Å². The standard InChI is InChI=1S/C11H21N5OS/c1-9(12-5-6-17-2)11-13-14-15-16(11)10-3-7-18-8-4-10/h9-10,12H,3-8H2,1-2H3. The zero-order chi connectivity index (χ0) is 12.8. The molecule has 1 aliphatic rings. The van der Waals surface area contributed by atoms with Gasteiger partial charge in [0.05, 0.1) is 18.7 Å². The Kier molecular flexibility index (Phi) is 5.40. The van der Waals surface area contributed by atoms with Crippen molar-refractivity contribution < 1.29 is 4.74 Å². The van der Waals surface area contributed by atoms with Crippen LogP contribution in [0.25, 0.3) is 0 Å². The first-order valence-electron chi connectivity index (χ1n) is 6.40. The molecule has 0 spiro atoms. The van der Waals surface area contributed by atoms with Gasteiger partial charge >= 0.3 is 0 Å². The summed E-state index contributed by atoms with van der Waals surface area (Å²) >= 11 is 2.01. The molecule has 1 unspecified atom stereocenters. The molecule has 0 radical (unpaired) electrons. The molecule has 6 nitrogen and oxygen atoms in total. The van der Waals surface area contributed by atoms with E-state index in [2.05, 4.69) is 27.8 Å². The van der Waals surface area contributed by atoms with Gasteiger partial charge in [-0.1, -0.05) is 0 Å². The number of thioether (sulfide) groups is 1. The predicted molar refractivity (Wildman–Crippen MR) is 71.7 cm³/mol. The summed E-state index contributed by atoms with van der Waals surface area (Å²) in [5, 5.41) is 15.5. The van der Waals surface area contributed by atoms with Crippen LogP contribution in [0.2, 0.25) is 0 Å². The van der Waals surface area contributed by atoms with Crippen molar-refractivity contribution in [2.45, 2.75) is 31.8 Å². The molecule has 1 aliphatic heterocycles. The van der Waals surface area contributed by atoms with E-state index in [1.54, 1.807) is 7.11 Å². The molecule has 0 aliphatic carbocycles. The maximum absolute atomic E-state index is 5.03. The highest BCUT2D eigenvalue weighted by Gasteiger charge is 2.22. The van der Waals surface area contributed by atoms with E-state index in [-0.39, 0.29) is 6.04 Å². The molecule has 0 aromatic carbocycles. The number of nitrogens with zero attached hydrogens (tertiary/aromatic N) is 4. The zero-order valence-electron chi connectivity index (χ0n) is 11.0. The number of aromatic nitrogens is 4. The highest BCUT2D eigenvalue weighted by molar-refractivity contribution is 7.99. The first kappa shape index (κ1) is 13.8. The smallest absolute Gasteiger partial charge is 0.168 e. The Hall–Kier alpha value is -0.660. The number of nitrogens with one attached hydrogen (secondary N) is 1. The number of hydrogen-bond acceptors (Lipinski definition) is 6. The van der Waals surface area contributed by atoms with E-state index < -0.39 is 0 Å². The Morgan fingerprint density at radius 1 is 1.50 bits per heavy atom. The minimum absolute atomic E-state index is 0.157. The number of methoxy groups -OCH3 is 1. The fraction of sp³-hybridized carbons (Fsp3) is 0.909. The molecule has 2 heterocycles. The van der Waals surface area contributed by atoms with Crippen LogP contribution in [0.3, 0.4) is 0 Å². The van der Waals surface area contributed by atoms with Crippen LogP contribution < -0.4 is 5.32 Å². The van der Waals surface area contributed by atoms with E-state index in [9.17, 15) is 0 Å². The van der Waals surface area contributed by atoms with Gasteiger partial charge in [-0.3, -0.25) is 0 Å². The highest BCUT2D eigenvalue weighted by Crippen LogP contribution is 2.27. The Labute approximate surface area is 112 Å². The van der Waals surface area contributed by atoms with Gasteiger partial charge < -0.3 is 10.1 Å². The molecule has 18 heavy (non-hydrogen) atoms. The molecular weight excluding hydrogens is 250 g/mol. The van der Waals surface area contributed by atoms with Crippen molar-refractivity contribution in [2.75, 3.05) is 31.8 Å². The topological polar surface area (TPSA) is 64.9 Å². The summed E-state index contributed by atoms with van der Waals surface area (Å²) in [6, 6.07) is 0.618. The molecule has 0 amide bonds. The molecule has 1 aromatic rings. The van der Waals surface area contributed by atoms with Crippen LogP contribution in [0, 0.1) is 0 Å². The van der Waals surface area contributed by atoms with Gasteiger partial charge in [-0.2, -0.15) is 11.8 Å². The predicted octanol–water partition coefficient (Wildman–Crippen LogP) is 1.04. The minimum atomic E-state index is 0.157. The second kappa shape index (κ2) is 7.06. The summed E-state index contributed by atoms with van der Waals surface area (Å²) in [6.45, 7) is 3.60. The molecule has 1 saturated heterocycles. The Bertz CT molecular complexity index is 353. The van der Waals surface area contributed by atoms with Gasteiger partial charge in [0.15, 0.2) is 5.82 Å². The highest BCUT2D eigenvalue weighted by atomic mass is 32.2. The van der Waals surface area contributed by atoms with E-state index in [1.807, 2.05) is 16.4 Å². The van der Waals surface area contributed by atoms with Crippen molar-refractivity contribution >= 4 is 11.8 Å². The lowest BCUT2D eigenvalue weighted by Gasteiger charge is -2.23. The van der Waals surface area contributed by atoms with E-state index in [0.717, 1.165) is 25.2 Å². The summed E-state index contributed by atoms with van der Waals surface area (Å²) in [4.78, 5) is 0. The quantitative estimate of drug-likeness (QED) is 0.780. The van der Waals surface area contributed by atoms with Gasteiger partial charge in [-0.25, -0.2) is 4.68 Å². The maximum Gasteiger partial charge on any atom is 0.168 e. The second-order valence-electron chi connectivity index (χ2n) is 4.49. The number of rotatable bonds is 6. The molecule has 7 heteroatoms. The van der Waals surface area contributed by atoms with Crippen LogP contribution in [-0.2, 0) is 4.74 Å². The van der Waals surface area contributed by atoms with Crippen molar-refractivity contribution in [1.82, 2.24) is 25.5 Å². The van der Waals surface area contributed by atoms with Crippen molar-refractivity contribution in [3.05, 3.63) is 5.82 Å². The van der Waals surface area contributed by atoms with Crippen LogP contribution in [0.1, 0.15) is 37.7 Å². The fourth-order valence-corrected chi connectivity index (χ4v) is 3.23. The molecule has 1 atom stereocenters. The van der Waals surface area contributed by atoms with Crippen molar-refractivity contribution in [1.29, 1.82) is 0 Å². The SMILES string of the molecule is COCCNC(C)c1nnnn1C1CCSCC1. The van der Waals surface area contributed by atoms with Crippen molar-refractivity contribution in [3.8, 4) is 0 Å². The van der Waals surface area contributed by atoms with Crippen LogP contribution in [0.5, 0.6) is 0 Å². The third kappa shape index (κ3) is 3.43. The van der Waals surface area contributed by atoms with Gasteiger partial charge in [0.25, 0.3) is 0 Å². The van der Waals surface area contributed by atoms with Crippen LogP contribution >= 0.6 is 11.8 Å². The summed E-state index contributed by atoms with van der Waals surface area (Å²) in [5.41, 5.74) is 0. The lowest BCUT2D eigenvalue weighted by molar-refractivity contribution is 0.195. The monoisotopic (exact) mass is 271 g/mol.